The predicted octanol–water partition coefficient (Wildman–Crippen LogP) is 5.03. The van der Waals surface area contributed by atoms with Crippen LogP contribution in [0, 0.1) is 13.8 Å². The quantitative estimate of drug-likeness (QED) is 0.649. The van der Waals surface area contributed by atoms with E-state index in [1.165, 1.54) is 52.2 Å². The van der Waals surface area contributed by atoms with Gasteiger partial charge in [-0.1, -0.05) is 41.5 Å². The maximum atomic E-state index is 5.02. The highest BCUT2D eigenvalue weighted by atomic mass is 15.3. The van der Waals surface area contributed by atoms with Crippen molar-refractivity contribution in [2.45, 2.75) is 39.5 Å². The molecule has 0 amide bonds. The molecular weight excluding hydrogens is 280 g/mol. The van der Waals surface area contributed by atoms with Crippen LogP contribution < -0.4 is 0 Å². The second kappa shape index (κ2) is 5.69. The summed E-state index contributed by atoms with van der Waals surface area (Å²) in [6, 6.07) is 17.4. The Hall–Kier alpha value is -2.35. The van der Waals surface area contributed by atoms with E-state index in [-0.39, 0.29) is 0 Å². The summed E-state index contributed by atoms with van der Waals surface area (Å²) in [5.74, 6) is 0. The first kappa shape index (κ1) is 14.3. The number of hydrogen-bond acceptors (Lipinski definition) is 1. The van der Waals surface area contributed by atoms with Crippen molar-refractivity contribution >= 4 is 0 Å². The number of fused-ring (bicyclic) bond motifs is 1. The Bertz CT molecular complexity index is 841. The van der Waals surface area contributed by atoms with E-state index in [9.17, 15) is 0 Å². The Kier molecular flexibility index (Phi) is 3.53. The van der Waals surface area contributed by atoms with Crippen molar-refractivity contribution in [2.75, 3.05) is 0 Å². The van der Waals surface area contributed by atoms with E-state index in [1.807, 2.05) is 0 Å². The van der Waals surface area contributed by atoms with Gasteiger partial charge in [-0.15, -0.1) is 0 Å². The zero-order valence-electron chi connectivity index (χ0n) is 13.8. The minimum atomic E-state index is 1.13. The summed E-state index contributed by atoms with van der Waals surface area (Å²) in [7, 11) is 0. The highest BCUT2D eigenvalue weighted by Gasteiger charge is 2.22. The summed E-state index contributed by atoms with van der Waals surface area (Å²) in [5.41, 5.74) is 9.01. The van der Waals surface area contributed by atoms with Crippen molar-refractivity contribution in [2.24, 2.45) is 0 Å². The number of nitrogens with zero attached hydrogens (tertiary/aromatic N) is 2. The Balaban J connectivity index is 1.89. The van der Waals surface area contributed by atoms with Gasteiger partial charge in [0.2, 0.25) is 0 Å². The maximum Gasteiger partial charge on any atom is 0.0962 e. The standard InChI is InChI=1S/C21H22N2/c1-15-10-12-18(13-11-15)23-20-9-4-3-8-19(20)21(22-23)17-7-5-6-16(2)14-17/h5-7,10-14H,3-4,8-9H2,1-2H3. The lowest BCUT2D eigenvalue weighted by Crippen LogP contribution is -2.07. The van der Waals surface area contributed by atoms with Gasteiger partial charge in [-0.25, -0.2) is 4.68 Å². The third-order valence-electron chi connectivity index (χ3n) is 4.75. The van der Waals surface area contributed by atoms with Crippen LogP contribution in [0.5, 0.6) is 0 Å². The normalized spacial score (nSPS) is 13.8. The van der Waals surface area contributed by atoms with Crippen LogP contribution in [-0.4, -0.2) is 9.78 Å². The molecule has 1 aromatic heterocycles. The fourth-order valence-electron chi connectivity index (χ4n) is 3.52. The maximum absolute atomic E-state index is 5.02. The molecule has 116 valence electrons. The number of rotatable bonds is 2. The van der Waals surface area contributed by atoms with Crippen LogP contribution in [-0.2, 0) is 12.8 Å². The zero-order valence-corrected chi connectivity index (χ0v) is 13.8. The lowest BCUT2D eigenvalue weighted by atomic mass is 9.93. The molecule has 1 aliphatic carbocycles. The molecule has 2 heteroatoms. The third kappa shape index (κ3) is 2.59. The number of benzene rings is 2. The van der Waals surface area contributed by atoms with Crippen molar-refractivity contribution in [1.29, 1.82) is 0 Å². The summed E-state index contributed by atoms with van der Waals surface area (Å²) in [5, 5.41) is 5.02. The van der Waals surface area contributed by atoms with Crippen LogP contribution in [0.3, 0.4) is 0 Å². The SMILES string of the molecule is Cc1ccc(-n2nc(-c3cccc(C)c3)c3c2CCCC3)cc1. The Morgan fingerprint density at radius 3 is 2.43 bits per heavy atom. The lowest BCUT2D eigenvalue weighted by Gasteiger charge is -2.14. The largest absolute Gasteiger partial charge is 0.237 e. The monoisotopic (exact) mass is 302 g/mol. The number of aryl methyl sites for hydroxylation is 2. The van der Waals surface area contributed by atoms with Crippen LogP contribution in [0.25, 0.3) is 16.9 Å². The first-order chi connectivity index (χ1) is 11.2. The molecule has 0 unspecified atom stereocenters. The molecule has 0 saturated heterocycles. The van der Waals surface area contributed by atoms with Gasteiger partial charge in [0.15, 0.2) is 0 Å². The molecule has 0 spiro atoms. The van der Waals surface area contributed by atoms with Crippen molar-refractivity contribution in [3.63, 3.8) is 0 Å². The van der Waals surface area contributed by atoms with Gasteiger partial charge in [0.1, 0.15) is 0 Å². The molecule has 0 fully saturated rings. The molecule has 23 heavy (non-hydrogen) atoms. The lowest BCUT2D eigenvalue weighted by molar-refractivity contribution is 0.653. The second-order valence-electron chi connectivity index (χ2n) is 6.60. The second-order valence-corrected chi connectivity index (χ2v) is 6.60. The predicted molar refractivity (Wildman–Crippen MR) is 95.1 cm³/mol. The van der Waals surface area contributed by atoms with Crippen LogP contribution >= 0.6 is 0 Å². The molecule has 2 aromatic carbocycles. The molecule has 0 saturated carbocycles. The van der Waals surface area contributed by atoms with Gasteiger partial charge >= 0.3 is 0 Å². The minimum Gasteiger partial charge on any atom is -0.237 e. The van der Waals surface area contributed by atoms with E-state index in [4.69, 9.17) is 5.10 Å². The van der Waals surface area contributed by atoms with E-state index in [0.29, 0.717) is 0 Å². The van der Waals surface area contributed by atoms with Crippen LogP contribution in [0.1, 0.15) is 35.2 Å². The molecule has 1 heterocycles. The molecule has 0 bridgehead atoms. The summed E-state index contributed by atoms with van der Waals surface area (Å²) in [6.45, 7) is 4.27. The van der Waals surface area contributed by atoms with Gasteiger partial charge in [-0.05, 0) is 57.7 Å². The molecule has 4 rings (SSSR count). The number of aromatic nitrogens is 2. The Morgan fingerprint density at radius 2 is 1.65 bits per heavy atom. The number of hydrogen-bond donors (Lipinski definition) is 0. The van der Waals surface area contributed by atoms with Gasteiger partial charge in [0.25, 0.3) is 0 Å². The minimum absolute atomic E-state index is 1.13. The van der Waals surface area contributed by atoms with Crippen molar-refractivity contribution in [1.82, 2.24) is 9.78 Å². The van der Waals surface area contributed by atoms with Gasteiger partial charge in [0, 0.05) is 16.8 Å². The molecular formula is C21H22N2. The third-order valence-corrected chi connectivity index (χ3v) is 4.75. The van der Waals surface area contributed by atoms with Crippen LogP contribution in [0.2, 0.25) is 0 Å². The zero-order chi connectivity index (χ0) is 15.8. The first-order valence-corrected chi connectivity index (χ1v) is 8.47. The van der Waals surface area contributed by atoms with Crippen molar-refractivity contribution in [3.05, 3.63) is 70.9 Å². The molecule has 3 aromatic rings. The van der Waals surface area contributed by atoms with E-state index < -0.39 is 0 Å². The van der Waals surface area contributed by atoms with Crippen molar-refractivity contribution in [3.8, 4) is 16.9 Å². The molecule has 0 aliphatic heterocycles. The molecule has 0 N–H and O–H groups in total. The van der Waals surface area contributed by atoms with E-state index in [2.05, 4.69) is 67.1 Å². The van der Waals surface area contributed by atoms with Crippen LogP contribution in [0.15, 0.2) is 48.5 Å². The summed E-state index contributed by atoms with van der Waals surface area (Å²) >= 11 is 0. The van der Waals surface area contributed by atoms with Gasteiger partial charge in [0.05, 0.1) is 11.4 Å². The van der Waals surface area contributed by atoms with E-state index >= 15 is 0 Å². The summed E-state index contributed by atoms with van der Waals surface area (Å²) in [6.07, 6.45) is 4.80. The average molecular weight is 302 g/mol. The van der Waals surface area contributed by atoms with Gasteiger partial charge in [-0.2, -0.15) is 5.10 Å². The van der Waals surface area contributed by atoms with Gasteiger partial charge < -0.3 is 0 Å². The van der Waals surface area contributed by atoms with Crippen molar-refractivity contribution < 1.29 is 0 Å². The average Bonchev–Trinajstić information content (AvgIpc) is 2.95. The van der Waals surface area contributed by atoms with Gasteiger partial charge in [-0.3, -0.25) is 0 Å². The molecule has 0 radical (unpaired) electrons. The highest BCUT2D eigenvalue weighted by molar-refractivity contribution is 5.66. The van der Waals surface area contributed by atoms with E-state index in [0.717, 1.165) is 12.8 Å². The summed E-state index contributed by atoms with van der Waals surface area (Å²) < 4.78 is 2.17. The smallest absolute Gasteiger partial charge is 0.0962 e. The molecule has 0 atom stereocenters. The molecule has 1 aliphatic rings. The highest BCUT2D eigenvalue weighted by Crippen LogP contribution is 2.33. The Morgan fingerprint density at radius 1 is 0.870 bits per heavy atom. The summed E-state index contributed by atoms with van der Waals surface area (Å²) in [4.78, 5) is 0. The fourth-order valence-corrected chi connectivity index (χ4v) is 3.52. The Labute approximate surface area is 137 Å². The molecule has 2 nitrogen and oxygen atoms in total. The fraction of sp³-hybridized carbons (Fsp3) is 0.286. The van der Waals surface area contributed by atoms with E-state index in [1.54, 1.807) is 0 Å². The first-order valence-electron chi connectivity index (χ1n) is 8.47. The van der Waals surface area contributed by atoms with Crippen LogP contribution in [0.4, 0.5) is 0 Å². The topological polar surface area (TPSA) is 17.8 Å².